The Labute approximate surface area is 117 Å². The Morgan fingerprint density at radius 1 is 1.58 bits per heavy atom. The number of sulfonamides is 1. The molecule has 0 aliphatic carbocycles. The molecule has 0 aromatic carbocycles. The van der Waals surface area contributed by atoms with E-state index in [-0.39, 0.29) is 20.8 Å². The molecular weight excluding hydrogens is 316 g/mol. The van der Waals surface area contributed by atoms with Crippen LogP contribution in [0, 0.1) is 0 Å². The molecule has 0 saturated heterocycles. The fraction of sp³-hybridized carbons (Fsp3) is 0.375. The Balaban J connectivity index is 2.68. The van der Waals surface area contributed by atoms with Crippen LogP contribution in [0.5, 0.6) is 0 Å². The van der Waals surface area contributed by atoms with E-state index in [4.69, 9.17) is 16.4 Å². The molecule has 2 rings (SSSR count). The largest absolute Gasteiger partial charge is 0.394 e. The quantitative estimate of drug-likeness (QED) is 0.594. The molecule has 2 heterocycles. The topological polar surface area (TPSA) is 103 Å². The third kappa shape index (κ3) is 2.66. The maximum atomic E-state index is 11.9. The molecule has 0 bridgehead atoms. The van der Waals surface area contributed by atoms with Crippen LogP contribution >= 0.6 is 23.4 Å². The van der Waals surface area contributed by atoms with Crippen molar-refractivity contribution in [3.8, 4) is 0 Å². The van der Waals surface area contributed by atoms with Gasteiger partial charge in [0.25, 0.3) is 6.08 Å². The number of isocyanates is 1. The maximum Gasteiger partial charge on any atom is 0.310 e. The van der Waals surface area contributed by atoms with Gasteiger partial charge in [-0.05, 0) is 0 Å². The molecule has 0 unspecified atom stereocenters. The molecule has 19 heavy (non-hydrogen) atoms. The van der Waals surface area contributed by atoms with Gasteiger partial charge in [-0.1, -0.05) is 32.9 Å². The Morgan fingerprint density at radius 2 is 2.32 bits per heavy atom. The van der Waals surface area contributed by atoms with Gasteiger partial charge in [-0.15, -0.1) is 0 Å². The number of halogens is 1. The number of oxime groups is 1. The smallest absolute Gasteiger partial charge is 0.310 e. The zero-order valence-electron chi connectivity index (χ0n) is 9.53. The van der Waals surface area contributed by atoms with Crippen LogP contribution < -0.4 is 0 Å². The molecule has 8 nitrogen and oxygen atoms in total. The van der Waals surface area contributed by atoms with Crippen LogP contribution in [0.2, 0.25) is 5.15 Å². The Bertz CT molecular complexity index is 690. The van der Waals surface area contributed by atoms with Crippen molar-refractivity contribution in [2.45, 2.75) is 5.03 Å². The average molecular weight is 323 g/mol. The van der Waals surface area contributed by atoms with E-state index in [1.54, 1.807) is 0 Å². The summed E-state index contributed by atoms with van der Waals surface area (Å²) in [6, 6.07) is 0. The summed E-state index contributed by atoms with van der Waals surface area (Å²) in [6.07, 6.45) is 0.998. The van der Waals surface area contributed by atoms with Gasteiger partial charge in [-0.25, -0.2) is 4.79 Å². The van der Waals surface area contributed by atoms with Crippen LogP contribution in [0.15, 0.2) is 14.6 Å². The number of aryl methyl sites for hydroxylation is 1. The number of rotatable bonds is 3. The van der Waals surface area contributed by atoms with E-state index < -0.39 is 10.0 Å². The first kappa shape index (κ1) is 14.1. The summed E-state index contributed by atoms with van der Waals surface area (Å²) in [5.41, 5.74) is 0.0767. The van der Waals surface area contributed by atoms with Gasteiger partial charge in [-0.3, -0.25) is 4.68 Å². The van der Waals surface area contributed by atoms with E-state index in [0.717, 1.165) is 10.8 Å². The third-order valence-electron chi connectivity index (χ3n) is 2.13. The van der Waals surface area contributed by atoms with Crippen molar-refractivity contribution in [2.24, 2.45) is 16.6 Å². The number of carbonyl (C=O) groups excluding carboxylic acids is 1. The van der Waals surface area contributed by atoms with Crippen LogP contribution in [-0.4, -0.2) is 41.7 Å². The predicted molar refractivity (Wildman–Crippen MR) is 68.5 cm³/mol. The van der Waals surface area contributed by atoms with Gasteiger partial charge in [0.1, 0.15) is 11.7 Å². The van der Waals surface area contributed by atoms with Crippen molar-refractivity contribution in [1.82, 2.24) is 9.78 Å². The van der Waals surface area contributed by atoms with Crippen LogP contribution in [0.25, 0.3) is 0 Å². The number of aromatic nitrogens is 2. The van der Waals surface area contributed by atoms with Crippen LogP contribution in [-0.2, 0) is 26.7 Å². The summed E-state index contributed by atoms with van der Waals surface area (Å²) in [4.78, 5) is 15.1. The summed E-state index contributed by atoms with van der Waals surface area (Å²) < 4.78 is 27.6. The van der Waals surface area contributed by atoms with Gasteiger partial charge in [-0.2, -0.15) is 13.5 Å². The van der Waals surface area contributed by atoms with Crippen molar-refractivity contribution >= 4 is 44.5 Å². The highest BCUT2D eigenvalue weighted by molar-refractivity contribution is 8.14. The van der Waals surface area contributed by atoms with Gasteiger partial charge in [0.05, 0.1) is 5.56 Å². The molecule has 1 aliphatic heterocycles. The number of thioether (sulfide) groups is 1. The standard InChI is InChI=1S/C8H7ClN4O4S2/c1-13-8(19(15,16)10-4-14)5(6(9)11-13)7-12-17-2-3-18-7/h2-3H2,1H3. The molecular formula is C8H7ClN4O4S2. The normalized spacial score (nSPS) is 15.4. The van der Waals surface area contributed by atoms with Crippen LogP contribution in [0.4, 0.5) is 0 Å². The van der Waals surface area contributed by atoms with Crippen LogP contribution in [0.1, 0.15) is 5.56 Å². The minimum atomic E-state index is -4.23. The lowest BCUT2D eigenvalue weighted by molar-refractivity contribution is 0.160. The third-order valence-corrected chi connectivity index (χ3v) is 4.59. The van der Waals surface area contributed by atoms with E-state index >= 15 is 0 Å². The number of hydrogen-bond acceptors (Lipinski definition) is 7. The van der Waals surface area contributed by atoms with Crippen LogP contribution in [0.3, 0.4) is 0 Å². The second kappa shape index (κ2) is 5.33. The molecule has 0 N–H and O–H groups in total. The van der Waals surface area contributed by atoms with Gasteiger partial charge in [0.2, 0.25) is 0 Å². The highest BCUT2D eigenvalue weighted by Crippen LogP contribution is 2.30. The minimum Gasteiger partial charge on any atom is -0.394 e. The van der Waals surface area contributed by atoms with E-state index in [9.17, 15) is 13.2 Å². The van der Waals surface area contributed by atoms with Crippen molar-refractivity contribution in [3.63, 3.8) is 0 Å². The van der Waals surface area contributed by atoms with Gasteiger partial charge in [0.15, 0.2) is 10.2 Å². The molecule has 0 saturated carbocycles. The van der Waals surface area contributed by atoms with E-state index in [0.29, 0.717) is 12.4 Å². The molecule has 102 valence electrons. The lowest BCUT2D eigenvalue weighted by atomic mass is 10.4. The van der Waals surface area contributed by atoms with Gasteiger partial charge < -0.3 is 4.84 Å². The summed E-state index contributed by atoms with van der Waals surface area (Å²) >= 11 is 7.18. The van der Waals surface area contributed by atoms with Gasteiger partial charge >= 0.3 is 10.0 Å². The molecule has 11 heteroatoms. The molecule has 1 aromatic rings. The summed E-state index contributed by atoms with van der Waals surface area (Å²) in [6.45, 7) is 0.417. The molecule has 1 aliphatic rings. The fourth-order valence-electron chi connectivity index (χ4n) is 1.47. The molecule has 0 amide bonds. The first-order valence-electron chi connectivity index (χ1n) is 4.87. The van der Waals surface area contributed by atoms with E-state index in [1.807, 2.05) is 0 Å². The average Bonchev–Trinajstić information content (AvgIpc) is 2.66. The Hall–Kier alpha value is -1.35. The van der Waals surface area contributed by atoms with E-state index in [1.165, 1.54) is 18.8 Å². The zero-order valence-corrected chi connectivity index (χ0v) is 11.9. The molecule has 0 fully saturated rings. The van der Waals surface area contributed by atoms with Crippen molar-refractivity contribution in [3.05, 3.63) is 10.7 Å². The fourth-order valence-corrected chi connectivity index (χ4v) is 3.74. The SMILES string of the molecule is Cn1nc(Cl)c(C2=NOCCS2)c1S(=O)(=O)N=C=O. The summed E-state index contributed by atoms with van der Waals surface area (Å²) in [5.74, 6) is 0.598. The molecule has 1 aromatic heterocycles. The van der Waals surface area contributed by atoms with Crippen molar-refractivity contribution in [2.75, 3.05) is 12.4 Å². The number of hydrogen-bond donors (Lipinski definition) is 0. The number of nitrogens with zero attached hydrogens (tertiary/aromatic N) is 4. The molecule has 0 radical (unpaired) electrons. The lowest BCUT2D eigenvalue weighted by Gasteiger charge is -2.11. The lowest BCUT2D eigenvalue weighted by Crippen LogP contribution is -2.13. The maximum absolute atomic E-state index is 11.9. The summed E-state index contributed by atoms with van der Waals surface area (Å²) in [7, 11) is -2.86. The second-order valence-corrected chi connectivity index (χ2v) is 6.29. The highest BCUT2D eigenvalue weighted by Gasteiger charge is 2.31. The first-order chi connectivity index (χ1) is 8.97. The van der Waals surface area contributed by atoms with E-state index in [2.05, 4.69) is 14.7 Å². The molecule has 0 spiro atoms. The zero-order chi connectivity index (χ0) is 14.0. The first-order valence-corrected chi connectivity index (χ1v) is 7.67. The molecule has 0 atom stereocenters. The van der Waals surface area contributed by atoms with Crippen molar-refractivity contribution < 1.29 is 18.0 Å². The predicted octanol–water partition coefficient (Wildman–Crippen LogP) is 0.523. The van der Waals surface area contributed by atoms with Gasteiger partial charge in [0, 0.05) is 12.8 Å². The van der Waals surface area contributed by atoms with Crippen molar-refractivity contribution in [1.29, 1.82) is 0 Å². The minimum absolute atomic E-state index is 0.0566. The monoisotopic (exact) mass is 322 g/mol. The Morgan fingerprint density at radius 3 is 2.89 bits per heavy atom. The second-order valence-electron chi connectivity index (χ2n) is 3.33. The summed E-state index contributed by atoms with van der Waals surface area (Å²) in [5, 5.41) is 7.45. The highest BCUT2D eigenvalue weighted by atomic mass is 35.5. The Kier molecular flexibility index (Phi) is 3.95.